The van der Waals surface area contributed by atoms with Crippen molar-refractivity contribution in [2.45, 2.75) is 74.7 Å². The number of quaternary nitrogens is 1. The zero-order valence-electron chi connectivity index (χ0n) is 22.0. The van der Waals surface area contributed by atoms with Crippen molar-refractivity contribution in [1.29, 1.82) is 0 Å². The fourth-order valence-electron chi connectivity index (χ4n) is 8.24. The third-order valence-corrected chi connectivity index (χ3v) is 10.2. The van der Waals surface area contributed by atoms with Crippen molar-refractivity contribution >= 4 is 5.91 Å². The van der Waals surface area contributed by atoms with Gasteiger partial charge in [-0.1, -0.05) is 24.1 Å². The van der Waals surface area contributed by atoms with Crippen LogP contribution in [0.4, 0.5) is 0 Å². The number of hydroxylamine groups is 3. The molecule has 2 unspecified atom stereocenters. The normalized spacial score (nSPS) is 35.9. The first-order valence-electron chi connectivity index (χ1n) is 13.9. The molecule has 5 aliphatic rings. The van der Waals surface area contributed by atoms with Crippen molar-refractivity contribution in [3.63, 3.8) is 0 Å². The van der Waals surface area contributed by atoms with Gasteiger partial charge in [0, 0.05) is 42.9 Å². The smallest absolute Gasteiger partial charge is 0.298 e. The molecule has 0 aromatic heterocycles. The van der Waals surface area contributed by atoms with Crippen molar-refractivity contribution in [2.75, 3.05) is 20.1 Å². The van der Waals surface area contributed by atoms with Crippen LogP contribution in [0.1, 0.15) is 54.4 Å². The van der Waals surface area contributed by atoms with E-state index >= 15 is 0 Å². The number of ether oxygens (including phenoxy) is 1. The van der Waals surface area contributed by atoms with Gasteiger partial charge in [-0.05, 0) is 61.9 Å². The SMILES string of the molecule is Cc1cccc(C#CC(=O)N(C)C2CC[C@@]3(O)[C@H]4Cc5ccc(O)c6c5[C@@]3(CC[N+]4(O)CC3CC3)[C@H]2O6)c1. The Hall–Kier alpha value is -3.05. The number of amides is 1. The Morgan fingerprint density at radius 2 is 2.03 bits per heavy atom. The highest BCUT2D eigenvalue weighted by molar-refractivity contribution is 5.94. The predicted octanol–water partition coefficient (Wildman–Crippen LogP) is 3.05. The number of hydrogen-bond donors (Lipinski definition) is 3. The Balaban J connectivity index is 1.28. The molecule has 3 N–H and O–H groups in total. The van der Waals surface area contributed by atoms with Gasteiger partial charge in [-0.3, -0.25) is 4.79 Å². The Bertz CT molecular complexity index is 1410. The number of nitrogens with zero attached hydrogens (tertiary/aromatic N) is 2. The lowest BCUT2D eigenvalue weighted by atomic mass is 9.48. The van der Waals surface area contributed by atoms with Crippen molar-refractivity contribution in [1.82, 2.24) is 4.90 Å². The summed E-state index contributed by atoms with van der Waals surface area (Å²) in [5, 5.41) is 35.4. The highest BCUT2D eigenvalue weighted by atomic mass is 16.6. The van der Waals surface area contributed by atoms with Gasteiger partial charge < -0.3 is 19.8 Å². The average Bonchev–Trinajstić information content (AvgIpc) is 3.62. The summed E-state index contributed by atoms with van der Waals surface area (Å²) in [6.07, 6.45) is 3.79. The summed E-state index contributed by atoms with van der Waals surface area (Å²) in [6.45, 7) is 3.19. The topological polar surface area (TPSA) is 90.2 Å². The molecule has 1 amide bonds. The van der Waals surface area contributed by atoms with Crippen LogP contribution in [0.2, 0.25) is 0 Å². The first-order valence-corrected chi connectivity index (χ1v) is 13.9. The highest BCUT2D eigenvalue weighted by Gasteiger charge is 2.77. The van der Waals surface area contributed by atoms with Gasteiger partial charge in [0.05, 0.1) is 11.5 Å². The first kappa shape index (κ1) is 24.0. The minimum absolute atomic E-state index is 0.0635. The number of likely N-dealkylation sites (tertiary alicyclic amines) is 1. The zero-order chi connectivity index (χ0) is 26.4. The summed E-state index contributed by atoms with van der Waals surface area (Å²) in [5.41, 5.74) is 1.79. The van der Waals surface area contributed by atoms with Gasteiger partial charge in [-0.2, -0.15) is 4.65 Å². The summed E-state index contributed by atoms with van der Waals surface area (Å²) in [4.78, 5) is 15.0. The number of benzene rings is 2. The molecular weight excluding hydrogens is 480 g/mol. The average molecular weight is 516 g/mol. The molecule has 7 rings (SSSR count). The summed E-state index contributed by atoms with van der Waals surface area (Å²) in [6, 6.07) is 10.6. The molecule has 2 aromatic carbocycles. The predicted molar refractivity (Wildman–Crippen MR) is 140 cm³/mol. The van der Waals surface area contributed by atoms with E-state index in [0.29, 0.717) is 50.4 Å². The Labute approximate surface area is 223 Å². The number of phenolic OH excluding ortho intramolecular Hbond substituents is 1. The monoisotopic (exact) mass is 515 g/mol. The molecule has 7 heteroatoms. The molecule has 6 atom stereocenters. The van der Waals surface area contributed by atoms with E-state index in [1.165, 1.54) is 0 Å². The van der Waals surface area contributed by atoms with Crippen molar-refractivity contribution < 1.29 is 29.6 Å². The van der Waals surface area contributed by atoms with Gasteiger partial charge in [0.25, 0.3) is 5.91 Å². The maximum absolute atomic E-state index is 13.3. The molecule has 0 radical (unpaired) electrons. The molecule has 2 aromatic rings. The summed E-state index contributed by atoms with van der Waals surface area (Å²) in [5.74, 6) is 6.51. The van der Waals surface area contributed by atoms with Crippen molar-refractivity contribution in [3.8, 4) is 23.3 Å². The third-order valence-electron chi connectivity index (χ3n) is 10.2. The maximum atomic E-state index is 13.3. The lowest BCUT2D eigenvalue weighted by Crippen LogP contribution is -2.82. The van der Waals surface area contributed by atoms with Crippen molar-refractivity contribution in [3.05, 3.63) is 58.7 Å². The standard InChI is InChI=1S/C31H34N2O5/c1-19-4-3-5-20(16-19)8-11-26(35)32(2)23-12-13-31(36)25-17-22-9-10-24(34)28-27(22)30(31,29(23)38-28)14-15-33(25,37)18-21-6-7-21/h3-5,9-10,16,21,23,25,29,36-37H,6-7,12-15,17-18H2,1-2H3/p+1/t23?,25-,29+,30+,31-,33?/m1/s1. The summed E-state index contributed by atoms with van der Waals surface area (Å²) >= 11 is 0. The number of phenols is 1. The Kier molecular flexibility index (Phi) is 5.05. The Morgan fingerprint density at radius 1 is 1.21 bits per heavy atom. The Morgan fingerprint density at radius 3 is 2.79 bits per heavy atom. The van der Waals surface area contributed by atoms with E-state index in [4.69, 9.17) is 4.74 Å². The van der Waals surface area contributed by atoms with Gasteiger partial charge in [-0.15, -0.1) is 0 Å². The van der Waals surface area contributed by atoms with E-state index in [1.807, 2.05) is 37.3 Å². The van der Waals surface area contributed by atoms with Crippen LogP contribution in [0.25, 0.3) is 0 Å². The number of rotatable bonds is 3. The number of hydrogen-bond acceptors (Lipinski definition) is 5. The molecule has 2 saturated carbocycles. The van der Waals surface area contributed by atoms with Crippen LogP contribution in [0.5, 0.6) is 11.5 Å². The minimum atomic E-state index is -1.20. The number of aromatic hydroxyl groups is 1. The van der Waals surface area contributed by atoms with E-state index < -0.39 is 17.1 Å². The third kappa shape index (κ3) is 3.17. The largest absolute Gasteiger partial charge is 0.504 e. The minimum Gasteiger partial charge on any atom is -0.504 e. The number of aryl methyl sites for hydroxylation is 1. The van der Waals surface area contributed by atoms with Gasteiger partial charge >= 0.3 is 0 Å². The fourth-order valence-corrected chi connectivity index (χ4v) is 8.24. The second kappa shape index (κ2) is 7.98. The molecule has 3 aliphatic carbocycles. The van der Waals surface area contributed by atoms with Gasteiger partial charge in [0.15, 0.2) is 17.5 Å². The molecule has 2 aliphatic heterocycles. The van der Waals surface area contributed by atoms with Crippen LogP contribution in [-0.2, 0) is 16.6 Å². The molecule has 1 spiro atoms. The van der Waals surface area contributed by atoms with Crippen LogP contribution in [0.3, 0.4) is 0 Å². The van der Waals surface area contributed by atoms with Crippen molar-refractivity contribution in [2.24, 2.45) is 5.92 Å². The molecule has 2 bridgehead atoms. The number of piperidine rings is 1. The molecule has 198 valence electrons. The van der Waals surface area contributed by atoms with E-state index in [0.717, 1.165) is 35.1 Å². The number of carbonyl (C=O) groups is 1. The molecular formula is C31H35N2O5+. The lowest BCUT2D eigenvalue weighted by molar-refractivity contribution is -1.13. The fraction of sp³-hybridized carbons (Fsp3) is 0.516. The van der Waals surface area contributed by atoms with E-state index in [-0.39, 0.29) is 28.4 Å². The van der Waals surface area contributed by atoms with Crippen LogP contribution < -0.4 is 4.74 Å². The lowest BCUT2D eigenvalue weighted by Gasteiger charge is -2.64. The molecule has 1 saturated heterocycles. The van der Waals surface area contributed by atoms with Crippen LogP contribution in [0.15, 0.2) is 36.4 Å². The van der Waals surface area contributed by atoms with E-state index in [1.54, 1.807) is 18.0 Å². The second-order valence-corrected chi connectivity index (χ2v) is 12.3. The first-order chi connectivity index (χ1) is 18.2. The number of carbonyl (C=O) groups excluding carboxylic acids is 1. The number of aliphatic hydroxyl groups is 1. The van der Waals surface area contributed by atoms with Crippen LogP contribution >= 0.6 is 0 Å². The highest BCUT2D eigenvalue weighted by Crippen LogP contribution is 2.66. The molecule has 38 heavy (non-hydrogen) atoms. The van der Waals surface area contributed by atoms with Gasteiger partial charge in [-0.25, -0.2) is 5.21 Å². The van der Waals surface area contributed by atoms with E-state index in [9.17, 15) is 20.2 Å². The van der Waals surface area contributed by atoms with Gasteiger partial charge in [0.2, 0.25) is 0 Å². The quantitative estimate of drug-likeness (QED) is 0.432. The molecule has 3 fully saturated rings. The summed E-state index contributed by atoms with van der Waals surface area (Å²) < 4.78 is 6.45. The van der Waals surface area contributed by atoms with Crippen LogP contribution in [0, 0.1) is 24.7 Å². The number of likely N-dealkylation sites (N-methyl/N-ethyl adjacent to an activating group) is 1. The summed E-state index contributed by atoms with van der Waals surface area (Å²) in [7, 11) is 1.76. The zero-order valence-corrected chi connectivity index (χ0v) is 22.0. The molecule has 2 heterocycles. The van der Waals surface area contributed by atoms with Crippen LogP contribution in [-0.4, -0.2) is 74.8 Å². The maximum Gasteiger partial charge on any atom is 0.298 e. The second-order valence-electron chi connectivity index (χ2n) is 12.3. The van der Waals surface area contributed by atoms with Gasteiger partial charge in [0.1, 0.15) is 24.8 Å². The van der Waals surface area contributed by atoms with E-state index in [2.05, 4.69) is 11.8 Å². The molecule has 7 nitrogen and oxygen atoms in total.